The van der Waals surface area contributed by atoms with Gasteiger partial charge in [-0.25, -0.2) is 9.97 Å². The summed E-state index contributed by atoms with van der Waals surface area (Å²) in [5, 5.41) is 6.79. The van der Waals surface area contributed by atoms with E-state index < -0.39 is 0 Å². The quantitative estimate of drug-likeness (QED) is 0.424. The molecule has 31 heavy (non-hydrogen) atoms. The zero-order valence-corrected chi connectivity index (χ0v) is 17.8. The summed E-state index contributed by atoms with van der Waals surface area (Å²) in [5.74, 6) is 1.78. The van der Waals surface area contributed by atoms with E-state index in [1.54, 1.807) is 7.11 Å². The largest absolute Gasteiger partial charge is 0.497 e. The highest BCUT2D eigenvalue weighted by molar-refractivity contribution is 5.84. The molecule has 0 spiro atoms. The second-order valence-corrected chi connectivity index (χ2v) is 7.84. The van der Waals surface area contributed by atoms with Crippen LogP contribution in [0.25, 0.3) is 21.8 Å². The smallest absolute Gasteiger partial charge is 0.128 e. The van der Waals surface area contributed by atoms with Gasteiger partial charge in [-0.15, -0.1) is 0 Å². The standard InChI is InChI=1S/C25H25N5O/c1-30-24-7-3-5-17(22(24)16-28-30)13-19-11-12-26-25(29-19)8-4-6-18-15-27-23-10-9-20(31-2)14-21(18)23/h3,5,7,9-12,14-16,27H,4,6,8,13H2,1-2H3. The SMILES string of the molecule is COc1ccc2[nH]cc(CCCc3nccc(Cc4cccc5c4cnn5C)n3)c2c1. The van der Waals surface area contributed by atoms with E-state index in [9.17, 15) is 0 Å². The molecule has 1 N–H and O–H groups in total. The number of methoxy groups -OCH3 is 1. The molecule has 0 aliphatic rings. The lowest BCUT2D eigenvalue weighted by Crippen LogP contribution is -2.01. The molecule has 5 rings (SSSR count). The van der Waals surface area contributed by atoms with E-state index in [-0.39, 0.29) is 0 Å². The fraction of sp³-hybridized carbons (Fsp3) is 0.240. The highest BCUT2D eigenvalue weighted by Gasteiger charge is 2.09. The number of aryl methyl sites for hydroxylation is 3. The van der Waals surface area contributed by atoms with Gasteiger partial charge in [-0.3, -0.25) is 4.68 Å². The molecule has 5 aromatic rings. The summed E-state index contributed by atoms with van der Waals surface area (Å²) < 4.78 is 7.28. The van der Waals surface area contributed by atoms with Crippen molar-refractivity contribution < 1.29 is 4.74 Å². The van der Waals surface area contributed by atoms with Gasteiger partial charge in [0.05, 0.1) is 18.8 Å². The maximum atomic E-state index is 5.37. The zero-order valence-electron chi connectivity index (χ0n) is 17.8. The van der Waals surface area contributed by atoms with Crippen molar-refractivity contribution in [3.05, 3.63) is 83.7 Å². The molecule has 0 radical (unpaired) electrons. The van der Waals surface area contributed by atoms with E-state index in [1.807, 2.05) is 36.3 Å². The van der Waals surface area contributed by atoms with Crippen LogP contribution >= 0.6 is 0 Å². The maximum Gasteiger partial charge on any atom is 0.128 e. The fourth-order valence-electron chi connectivity index (χ4n) is 4.17. The first-order valence-corrected chi connectivity index (χ1v) is 10.6. The summed E-state index contributed by atoms with van der Waals surface area (Å²) in [4.78, 5) is 12.7. The third-order valence-corrected chi connectivity index (χ3v) is 5.84. The molecule has 0 saturated carbocycles. The first-order chi connectivity index (χ1) is 15.2. The second-order valence-electron chi connectivity index (χ2n) is 7.84. The van der Waals surface area contributed by atoms with E-state index in [1.165, 1.54) is 21.9 Å². The molecule has 3 heterocycles. The Morgan fingerprint density at radius 3 is 2.87 bits per heavy atom. The summed E-state index contributed by atoms with van der Waals surface area (Å²) in [5.41, 5.74) is 5.86. The van der Waals surface area contributed by atoms with Crippen molar-refractivity contribution in [2.45, 2.75) is 25.7 Å². The third-order valence-electron chi connectivity index (χ3n) is 5.84. The number of aromatic nitrogens is 5. The lowest BCUT2D eigenvalue weighted by atomic mass is 10.0. The van der Waals surface area contributed by atoms with Gasteiger partial charge in [0.2, 0.25) is 0 Å². The van der Waals surface area contributed by atoms with Gasteiger partial charge < -0.3 is 9.72 Å². The highest BCUT2D eigenvalue weighted by atomic mass is 16.5. The molecule has 0 saturated heterocycles. The van der Waals surface area contributed by atoms with Crippen molar-refractivity contribution in [2.75, 3.05) is 7.11 Å². The lowest BCUT2D eigenvalue weighted by molar-refractivity contribution is 0.415. The Hall–Kier alpha value is -3.67. The van der Waals surface area contributed by atoms with Gasteiger partial charge in [0, 0.05) is 54.3 Å². The number of fused-ring (bicyclic) bond motifs is 2. The van der Waals surface area contributed by atoms with Crippen LogP contribution in [0.3, 0.4) is 0 Å². The summed E-state index contributed by atoms with van der Waals surface area (Å²) in [6.07, 6.45) is 9.49. The number of H-pyrrole nitrogens is 1. The van der Waals surface area contributed by atoms with Crippen LogP contribution in [0, 0.1) is 0 Å². The van der Waals surface area contributed by atoms with Gasteiger partial charge in [-0.05, 0) is 54.3 Å². The van der Waals surface area contributed by atoms with Crippen LogP contribution in [0.2, 0.25) is 0 Å². The Kier molecular flexibility index (Phi) is 5.12. The summed E-state index contributed by atoms with van der Waals surface area (Å²) in [7, 11) is 3.67. The average molecular weight is 412 g/mol. The molecule has 6 heteroatoms. The molecule has 2 aromatic carbocycles. The Balaban J connectivity index is 1.28. The van der Waals surface area contributed by atoms with Crippen LogP contribution in [0.4, 0.5) is 0 Å². The van der Waals surface area contributed by atoms with E-state index in [0.29, 0.717) is 0 Å². The third kappa shape index (κ3) is 3.89. The maximum absolute atomic E-state index is 5.37. The first kappa shape index (κ1) is 19.3. The van der Waals surface area contributed by atoms with Gasteiger partial charge in [-0.2, -0.15) is 5.10 Å². The first-order valence-electron chi connectivity index (χ1n) is 10.6. The summed E-state index contributed by atoms with van der Waals surface area (Å²) in [6, 6.07) is 14.5. The van der Waals surface area contributed by atoms with Gasteiger partial charge in [0.15, 0.2) is 0 Å². The Bertz CT molecular complexity index is 1350. The molecule has 3 aromatic heterocycles. The number of nitrogens with zero attached hydrogens (tertiary/aromatic N) is 4. The van der Waals surface area contributed by atoms with Crippen LogP contribution in [-0.2, 0) is 26.3 Å². The summed E-state index contributed by atoms with van der Waals surface area (Å²) in [6.45, 7) is 0. The van der Waals surface area contributed by atoms with Crippen LogP contribution in [0.5, 0.6) is 5.75 Å². The van der Waals surface area contributed by atoms with Crippen molar-refractivity contribution in [3.63, 3.8) is 0 Å². The van der Waals surface area contributed by atoms with Gasteiger partial charge in [-0.1, -0.05) is 12.1 Å². The number of hydrogen-bond donors (Lipinski definition) is 1. The predicted molar refractivity (Wildman–Crippen MR) is 122 cm³/mol. The number of hydrogen-bond acceptors (Lipinski definition) is 4. The van der Waals surface area contributed by atoms with E-state index in [2.05, 4.69) is 51.6 Å². The summed E-state index contributed by atoms with van der Waals surface area (Å²) >= 11 is 0. The van der Waals surface area contributed by atoms with E-state index >= 15 is 0 Å². The van der Waals surface area contributed by atoms with Crippen molar-refractivity contribution in [1.29, 1.82) is 0 Å². The van der Waals surface area contributed by atoms with Crippen molar-refractivity contribution in [1.82, 2.24) is 24.7 Å². The molecule has 0 unspecified atom stereocenters. The molecule has 0 atom stereocenters. The van der Waals surface area contributed by atoms with Crippen LogP contribution < -0.4 is 4.74 Å². The molecule has 0 amide bonds. The molecular weight excluding hydrogens is 386 g/mol. The number of rotatable bonds is 7. The molecule has 0 aliphatic heterocycles. The topological polar surface area (TPSA) is 68.6 Å². The normalized spacial score (nSPS) is 11.4. The molecule has 0 bridgehead atoms. The molecule has 6 nitrogen and oxygen atoms in total. The number of benzene rings is 2. The minimum atomic E-state index is 0.779. The van der Waals surface area contributed by atoms with Crippen molar-refractivity contribution >= 4 is 21.8 Å². The van der Waals surface area contributed by atoms with Gasteiger partial charge in [0.1, 0.15) is 11.6 Å². The molecule has 0 fully saturated rings. The molecular formula is C25H25N5O. The minimum Gasteiger partial charge on any atom is -0.497 e. The van der Waals surface area contributed by atoms with Crippen molar-refractivity contribution in [2.24, 2.45) is 7.05 Å². The average Bonchev–Trinajstić information content (AvgIpc) is 3.38. The number of aromatic amines is 1. The van der Waals surface area contributed by atoms with Crippen LogP contribution in [-0.4, -0.2) is 31.8 Å². The lowest BCUT2D eigenvalue weighted by Gasteiger charge is -2.06. The monoisotopic (exact) mass is 411 g/mol. The number of nitrogens with one attached hydrogen (secondary N) is 1. The Morgan fingerprint density at radius 1 is 1.03 bits per heavy atom. The molecule has 156 valence electrons. The zero-order chi connectivity index (χ0) is 21.2. The van der Waals surface area contributed by atoms with Crippen LogP contribution in [0.15, 0.2) is 61.1 Å². The Labute approximate surface area is 180 Å². The van der Waals surface area contributed by atoms with E-state index in [4.69, 9.17) is 9.72 Å². The number of ether oxygens (including phenoxy) is 1. The van der Waals surface area contributed by atoms with E-state index in [0.717, 1.165) is 54.0 Å². The van der Waals surface area contributed by atoms with Crippen LogP contribution in [0.1, 0.15) is 29.1 Å². The van der Waals surface area contributed by atoms with Crippen molar-refractivity contribution in [3.8, 4) is 5.75 Å². The molecule has 0 aliphatic carbocycles. The predicted octanol–water partition coefficient (Wildman–Crippen LogP) is 4.62. The fourth-order valence-corrected chi connectivity index (χ4v) is 4.17. The van der Waals surface area contributed by atoms with Gasteiger partial charge in [0.25, 0.3) is 0 Å². The highest BCUT2D eigenvalue weighted by Crippen LogP contribution is 2.25. The van der Waals surface area contributed by atoms with Gasteiger partial charge >= 0.3 is 0 Å². The Morgan fingerprint density at radius 2 is 1.97 bits per heavy atom. The minimum absolute atomic E-state index is 0.779. The second kappa shape index (κ2) is 8.22.